The third-order valence-electron chi connectivity index (χ3n) is 3.07. The molecule has 0 aliphatic heterocycles. The van der Waals surface area contributed by atoms with Gasteiger partial charge in [-0.3, -0.25) is 0 Å². The van der Waals surface area contributed by atoms with Crippen molar-refractivity contribution in [1.82, 2.24) is 9.78 Å². The van der Waals surface area contributed by atoms with Crippen LogP contribution in [0.15, 0.2) is 18.2 Å². The van der Waals surface area contributed by atoms with Gasteiger partial charge >= 0.3 is 5.97 Å². The van der Waals surface area contributed by atoms with Crippen LogP contribution in [0.2, 0.25) is 10.0 Å². The number of aromatic carboxylic acids is 1. The Kier molecular flexibility index (Phi) is 4.06. The summed E-state index contributed by atoms with van der Waals surface area (Å²) in [6.45, 7) is 5.68. The SMILES string of the molecule is Cc1c(C(C)C)nn(-c2cccc(Cl)c2Cl)c1C(=O)O. The second-order valence-electron chi connectivity index (χ2n) is 4.80. The number of hydrogen-bond donors (Lipinski definition) is 1. The number of carboxylic acids is 1. The fourth-order valence-electron chi connectivity index (χ4n) is 2.14. The molecule has 1 N–H and O–H groups in total. The lowest BCUT2D eigenvalue weighted by Crippen LogP contribution is -2.09. The van der Waals surface area contributed by atoms with Gasteiger partial charge in [-0.2, -0.15) is 5.10 Å². The maximum Gasteiger partial charge on any atom is 0.354 e. The largest absolute Gasteiger partial charge is 0.477 e. The van der Waals surface area contributed by atoms with Gasteiger partial charge in [0.2, 0.25) is 0 Å². The van der Waals surface area contributed by atoms with Crippen LogP contribution < -0.4 is 0 Å². The highest BCUT2D eigenvalue weighted by Crippen LogP contribution is 2.31. The van der Waals surface area contributed by atoms with Crippen molar-refractivity contribution in [1.29, 1.82) is 0 Å². The topological polar surface area (TPSA) is 55.1 Å². The number of nitrogens with zero attached hydrogens (tertiary/aromatic N) is 2. The van der Waals surface area contributed by atoms with Gasteiger partial charge in [-0.05, 0) is 25.0 Å². The molecule has 0 amide bonds. The molecule has 1 aromatic heterocycles. The average molecular weight is 313 g/mol. The lowest BCUT2D eigenvalue weighted by Gasteiger charge is -2.08. The van der Waals surface area contributed by atoms with E-state index in [1.807, 2.05) is 13.8 Å². The molecule has 0 radical (unpaired) electrons. The zero-order valence-corrected chi connectivity index (χ0v) is 12.8. The average Bonchev–Trinajstić information content (AvgIpc) is 2.70. The van der Waals surface area contributed by atoms with E-state index in [0.29, 0.717) is 16.3 Å². The zero-order chi connectivity index (χ0) is 15.0. The van der Waals surface area contributed by atoms with Crippen LogP contribution in [0.5, 0.6) is 0 Å². The van der Waals surface area contributed by atoms with Crippen molar-refractivity contribution in [2.24, 2.45) is 0 Å². The van der Waals surface area contributed by atoms with Gasteiger partial charge in [0, 0.05) is 5.56 Å². The van der Waals surface area contributed by atoms with Gasteiger partial charge < -0.3 is 5.11 Å². The molecule has 2 aromatic rings. The lowest BCUT2D eigenvalue weighted by atomic mass is 10.1. The Morgan fingerprint density at radius 2 is 2.00 bits per heavy atom. The van der Waals surface area contributed by atoms with Crippen LogP contribution in [0.4, 0.5) is 0 Å². The predicted octanol–water partition coefficient (Wildman–Crippen LogP) is 4.31. The van der Waals surface area contributed by atoms with E-state index in [4.69, 9.17) is 23.2 Å². The molecular weight excluding hydrogens is 299 g/mol. The second kappa shape index (κ2) is 5.46. The molecule has 1 aromatic carbocycles. The molecule has 4 nitrogen and oxygen atoms in total. The molecule has 6 heteroatoms. The summed E-state index contributed by atoms with van der Waals surface area (Å²) in [7, 11) is 0. The van der Waals surface area contributed by atoms with Gasteiger partial charge in [-0.25, -0.2) is 9.48 Å². The van der Waals surface area contributed by atoms with Crippen molar-refractivity contribution in [3.8, 4) is 5.69 Å². The van der Waals surface area contributed by atoms with Crippen LogP contribution in [0.1, 0.15) is 41.5 Å². The highest BCUT2D eigenvalue weighted by atomic mass is 35.5. The summed E-state index contributed by atoms with van der Waals surface area (Å²) in [5.41, 5.74) is 1.95. The quantitative estimate of drug-likeness (QED) is 0.918. The number of rotatable bonds is 3. The van der Waals surface area contributed by atoms with E-state index >= 15 is 0 Å². The first-order valence-electron chi connectivity index (χ1n) is 6.11. The zero-order valence-electron chi connectivity index (χ0n) is 11.3. The monoisotopic (exact) mass is 312 g/mol. The molecule has 0 aliphatic rings. The van der Waals surface area contributed by atoms with Gasteiger partial charge in [-0.15, -0.1) is 0 Å². The minimum Gasteiger partial charge on any atom is -0.477 e. The van der Waals surface area contributed by atoms with E-state index in [2.05, 4.69) is 5.10 Å². The minimum absolute atomic E-state index is 0.109. The standard InChI is InChI=1S/C14H14Cl2N2O2/c1-7(2)12-8(3)13(14(19)20)18(17-12)10-6-4-5-9(15)11(10)16/h4-7H,1-3H3,(H,19,20). The molecule has 0 atom stereocenters. The first-order chi connectivity index (χ1) is 9.34. The van der Waals surface area contributed by atoms with E-state index in [-0.39, 0.29) is 16.6 Å². The first kappa shape index (κ1) is 14.9. The van der Waals surface area contributed by atoms with Gasteiger partial charge in [-0.1, -0.05) is 43.1 Å². The van der Waals surface area contributed by atoms with Crippen LogP contribution in [0.25, 0.3) is 5.69 Å². The molecule has 0 fully saturated rings. The molecule has 20 heavy (non-hydrogen) atoms. The summed E-state index contributed by atoms with van der Waals surface area (Å²) in [5.74, 6) is -0.926. The Bertz CT molecular complexity index is 678. The van der Waals surface area contributed by atoms with Crippen molar-refractivity contribution in [3.05, 3.63) is 45.2 Å². The van der Waals surface area contributed by atoms with E-state index < -0.39 is 5.97 Å². The summed E-state index contributed by atoms with van der Waals surface area (Å²) in [6, 6.07) is 5.05. The molecule has 0 saturated heterocycles. The van der Waals surface area contributed by atoms with Crippen LogP contribution in [-0.4, -0.2) is 20.9 Å². The first-order valence-corrected chi connectivity index (χ1v) is 6.87. The molecule has 0 unspecified atom stereocenters. The Hall–Kier alpha value is -1.52. The van der Waals surface area contributed by atoms with Crippen molar-refractivity contribution in [2.45, 2.75) is 26.7 Å². The molecule has 1 heterocycles. The maximum absolute atomic E-state index is 11.5. The smallest absolute Gasteiger partial charge is 0.354 e. The highest BCUT2D eigenvalue weighted by Gasteiger charge is 2.24. The summed E-state index contributed by atoms with van der Waals surface area (Å²) in [6.07, 6.45) is 0. The number of carboxylic acid groups (broad SMARTS) is 1. The van der Waals surface area contributed by atoms with Crippen LogP contribution in [0.3, 0.4) is 0 Å². The van der Waals surface area contributed by atoms with Crippen molar-refractivity contribution in [3.63, 3.8) is 0 Å². The van der Waals surface area contributed by atoms with Crippen LogP contribution in [-0.2, 0) is 0 Å². The Labute approximate surface area is 126 Å². The molecule has 2 rings (SSSR count). The molecular formula is C14H14Cl2N2O2. The summed E-state index contributed by atoms with van der Waals surface area (Å²) >= 11 is 12.1. The molecule has 0 spiro atoms. The number of hydrogen-bond acceptors (Lipinski definition) is 2. The Balaban J connectivity index is 2.77. The molecule has 106 valence electrons. The number of aromatic nitrogens is 2. The highest BCUT2D eigenvalue weighted by molar-refractivity contribution is 6.43. The van der Waals surface area contributed by atoms with E-state index in [0.717, 1.165) is 5.69 Å². The van der Waals surface area contributed by atoms with Crippen molar-refractivity contribution < 1.29 is 9.90 Å². The number of benzene rings is 1. The third-order valence-corrected chi connectivity index (χ3v) is 3.88. The van der Waals surface area contributed by atoms with Crippen LogP contribution in [0, 0.1) is 6.92 Å². The number of halogens is 2. The van der Waals surface area contributed by atoms with Gasteiger partial charge in [0.15, 0.2) is 5.69 Å². The van der Waals surface area contributed by atoms with Crippen molar-refractivity contribution >= 4 is 29.2 Å². The summed E-state index contributed by atoms with van der Waals surface area (Å²) in [4.78, 5) is 11.5. The van der Waals surface area contributed by atoms with Crippen LogP contribution >= 0.6 is 23.2 Å². The van der Waals surface area contributed by atoms with E-state index in [1.165, 1.54) is 4.68 Å². The summed E-state index contributed by atoms with van der Waals surface area (Å²) in [5, 5.41) is 14.5. The van der Waals surface area contributed by atoms with Crippen molar-refractivity contribution in [2.75, 3.05) is 0 Å². The van der Waals surface area contributed by atoms with Gasteiger partial charge in [0.25, 0.3) is 0 Å². The normalized spacial score (nSPS) is 11.1. The number of carbonyl (C=O) groups is 1. The fourth-order valence-corrected chi connectivity index (χ4v) is 2.52. The molecule has 0 saturated carbocycles. The molecule has 0 bridgehead atoms. The third kappa shape index (κ3) is 2.41. The lowest BCUT2D eigenvalue weighted by molar-refractivity contribution is 0.0686. The fraction of sp³-hybridized carbons (Fsp3) is 0.286. The van der Waals surface area contributed by atoms with Gasteiger partial charge in [0.05, 0.1) is 21.4 Å². The Morgan fingerprint density at radius 3 is 2.55 bits per heavy atom. The Morgan fingerprint density at radius 1 is 1.35 bits per heavy atom. The molecule has 0 aliphatic carbocycles. The second-order valence-corrected chi connectivity index (χ2v) is 5.59. The maximum atomic E-state index is 11.5. The minimum atomic E-state index is -1.04. The van der Waals surface area contributed by atoms with Gasteiger partial charge in [0.1, 0.15) is 0 Å². The predicted molar refractivity (Wildman–Crippen MR) is 79.4 cm³/mol. The van der Waals surface area contributed by atoms with E-state index in [9.17, 15) is 9.90 Å². The summed E-state index contributed by atoms with van der Waals surface area (Å²) < 4.78 is 1.35. The van der Waals surface area contributed by atoms with E-state index in [1.54, 1.807) is 25.1 Å².